The Morgan fingerprint density at radius 2 is 1.72 bits per heavy atom. The van der Waals surface area contributed by atoms with Crippen LogP contribution in [0.15, 0.2) is 36.4 Å². The number of ether oxygens (including phenoxy) is 1. The molecule has 2 aromatic rings. The maximum absolute atomic E-state index is 13.1. The van der Waals surface area contributed by atoms with Gasteiger partial charge in [0.25, 0.3) is 0 Å². The van der Waals surface area contributed by atoms with Gasteiger partial charge in [-0.25, -0.2) is 8.78 Å². The lowest BCUT2D eigenvalue weighted by molar-refractivity contribution is 0.301. The van der Waals surface area contributed by atoms with Gasteiger partial charge >= 0.3 is 0 Å². The van der Waals surface area contributed by atoms with Gasteiger partial charge in [0.1, 0.15) is 12.4 Å². The number of hydrogen-bond acceptors (Lipinski definition) is 1. The maximum Gasteiger partial charge on any atom is 0.162 e. The molecule has 3 heteroatoms. The Hall–Kier alpha value is -1.90. The van der Waals surface area contributed by atoms with E-state index in [-0.39, 0.29) is 0 Å². The van der Waals surface area contributed by atoms with Crippen LogP contribution in [0.25, 0.3) is 0 Å². The van der Waals surface area contributed by atoms with Crippen molar-refractivity contribution in [1.82, 2.24) is 0 Å². The first-order chi connectivity index (χ1) is 8.56. The molecular formula is C15H14F2O. The third kappa shape index (κ3) is 2.86. The minimum absolute atomic E-state index is 0.341. The number of benzene rings is 2. The lowest BCUT2D eigenvalue weighted by Crippen LogP contribution is -1.99. The number of rotatable bonds is 3. The van der Waals surface area contributed by atoms with Gasteiger partial charge in [0.2, 0.25) is 0 Å². The van der Waals surface area contributed by atoms with E-state index in [0.29, 0.717) is 17.9 Å². The summed E-state index contributed by atoms with van der Waals surface area (Å²) in [6.45, 7) is 4.02. The standard InChI is InChI=1S/C15H14F2O/c1-10-4-3-5-12(6-10)9-18-15-8-14(17)13(16)7-11(15)2/h3-8H,9H2,1-2H3. The molecule has 0 bridgehead atoms. The summed E-state index contributed by atoms with van der Waals surface area (Å²) in [5.74, 6) is -1.37. The van der Waals surface area contributed by atoms with Gasteiger partial charge in [-0.05, 0) is 31.0 Å². The predicted octanol–water partition coefficient (Wildman–Crippen LogP) is 4.16. The molecule has 0 aromatic heterocycles. The van der Waals surface area contributed by atoms with Gasteiger partial charge in [0, 0.05) is 6.07 Å². The largest absolute Gasteiger partial charge is 0.489 e. The Morgan fingerprint density at radius 1 is 1.00 bits per heavy atom. The molecule has 0 aliphatic heterocycles. The molecule has 0 aliphatic carbocycles. The van der Waals surface area contributed by atoms with Crippen LogP contribution in [0.4, 0.5) is 8.78 Å². The fourth-order valence-electron chi connectivity index (χ4n) is 1.75. The predicted molar refractivity (Wildman–Crippen MR) is 66.6 cm³/mol. The van der Waals surface area contributed by atoms with Crippen LogP contribution in [-0.4, -0.2) is 0 Å². The van der Waals surface area contributed by atoms with Gasteiger partial charge in [0.05, 0.1) is 0 Å². The summed E-state index contributed by atoms with van der Waals surface area (Å²) in [6, 6.07) is 10.1. The van der Waals surface area contributed by atoms with Crippen molar-refractivity contribution >= 4 is 0 Å². The Labute approximate surface area is 105 Å². The van der Waals surface area contributed by atoms with Crippen molar-refractivity contribution in [2.45, 2.75) is 20.5 Å². The van der Waals surface area contributed by atoms with Crippen molar-refractivity contribution in [3.63, 3.8) is 0 Å². The van der Waals surface area contributed by atoms with Crippen molar-refractivity contribution in [1.29, 1.82) is 0 Å². The monoisotopic (exact) mass is 248 g/mol. The second-order valence-corrected chi connectivity index (χ2v) is 4.31. The fourth-order valence-corrected chi connectivity index (χ4v) is 1.75. The molecule has 0 amide bonds. The van der Waals surface area contributed by atoms with Crippen LogP contribution in [0.3, 0.4) is 0 Å². The summed E-state index contributed by atoms with van der Waals surface area (Å²) < 4.78 is 31.5. The minimum atomic E-state index is -0.889. The van der Waals surface area contributed by atoms with E-state index in [1.807, 2.05) is 31.2 Å². The van der Waals surface area contributed by atoms with Gasteiger partial charge in [-0.15, -0.1) is 0 Å². The van der Waals surface area contributed by atoms with Gasteiger partial charge < -0.3 is 4.74 Å². The second kappa shape index (κ2) is 5.17. The topological polar surface area (TPSA) is 9.23 Å². The van der Waals surface area contributed by atoms with Gasteiger partial charge in [0.15, 0.2) is 11.6 Å². The minimum Gasteiger partial charge on any atom is -0.489 e. The molecule has 0 unspecified atom stereocenters. The number of aryl methyl sites for hydroxylation is 2. The van der Waals surface area contributed by atoms with Crippen LogP contribution < -0.4 is 4.74 Å². The molecule has 18 heavy (non-hydrogen) atoms. The molecule has 0 N–H and O–H groups in total. The molecular weight excluding hydrogens is 234 g/mol. The first-order valence-electron chi connectivity index (χ1n) is 5.70. The summed E-state index contributed by atoms with van der Waals surface area (Å²) >= 11 is 0. The normalized spacial score (nSPS) is 10.4. The first kappa shape index (κ1) is 12.6. The smallest absolute Gasteiger partial charge is 0.162 e. The van der Waals surface area contributed by atoms with Crippen molar-refractivity contribution in [2.75, 3.05) is 0 Å². The molecule has 2 aromatic carbocycles. The SMILES string of the molecule is Cc1cccc(COc2cc(F)c(F)cc2C)c1. The highest BCUT2D eigenvalue weighted by atomic mass is 19.2. The maximum atomic E-state index is 13.1. The zero-order valence-electron chi connectivity index (χ0n) is 10.3. The highest BCUT2D eigenvalue weighted by Crippen LogP contribution is 2.22. The Balaban J connectivity index is 2.13. The Bertz CT molecular complexity index is 564. The molecule has 1 nitrogen and oxygen atoms in total. The molecule has 0 heterocycles. The van der Waals surface area contributed by atoms with Gasteiger partial charge in [-0.3, -0.25) is 0 Å². The van der Waals surface area contributed by atoms with Crippen molar-refractivity contribution in [3.8, 4) is 5.75 Å². The lowest BCUT2D eigenvalue weighted by Gasteiger charge is -2.10. The molecule has 0 radical (unpaired) electrons. The van der Waals surface area contributed by atoms with Crippen molar-refractivity contribution < 1.29 is 13.5 Å². The number of halogens is 2. The third-order valence-corrected chi connectivity index (χ3v) is 2.69. The third-order valence-electron chi connectivity index (χ3n) is 2.69. The highest BCUT2D eigenvalue weighted by molar-refractivity contribution is 5.34. The molecule has 94 valence electrons. The van der Waals surface area contributed by atoms with Crippen LogP contribution in [0.1, 0.15) is 16.7 Å². The number of hydrogen-bond donors (Lipinski definition) is 0. The van der Waals surface area contributed by atoms with Crippen LogP contribution in [0.2, 0.25) is 0 Å². The Kier molecular flexibility index (Phi) is 3.60. The molecule has 2 rings (SSSR count). The van der Waals surface area contributed by atoms with E-state index in [0.717, 1.165) is 23.3 Å². The van der Waals surface area contributed by atoms with Crippen LogP contribution >= 0.6 is 0 Å². The quantitative estimate of drug-likeness (QED) is 0.792. The second-order valence-electron chi connectivity index (χ2n) is 4.31. The molecule has 0 aliphatic rings. The van der Waals surface area contributed by atoms with E-state index in [4.69, 9.17) is 4.74 Å². The van der Waals surface area contributed by atoms with Gasteiger partial charge in [-0.2, -0.15) is 0 Å². The van der Waals surface area contributed by atoms with Crippen LogP contribution in [0, 0.1) is 25.5 Å². The van der Waals surface area contributed by atoms with Crippen LogP contribution in [0.5, 0.6) is 5.75 Å². The van der Waals surface area contributed by atoms with E-state index < -0.39 is 11.6 Å². The Morgan fingerprint density at radius 3 is 2.44 bits per heavy atom. The van der Waals surface area contributed by atoms with Gasteiger partial charge in [-0.1, -0.05) is 29.8 Å². The average molecular weight is 248 g/mol. The van der Waals surface area contributed by atoms with E-state index >= 15 is 0 Å². The summed E-state index contributed by atoms with van der Waals surface area (Å²) in [4.78, 5) is 0. The first-order valence-corrected chi connectivity index (χ1v) is 5.70. The molecule has 0 spiro atoms. The zero-order valence-corrected chi connectivity index (χ0v) is 10.3. The fraction of sp³-hybridized carbons (Fsp3) is 0.200. The lowest BCUT2D eigenvalue weighted by atomic mass is 10.1. The molecule has 0 atom stereocenters. The zero-order chi connectivity index (χ0) is 13.1. The van der Waals surface area contributed by atoms with E-state index in [2.05, 4.69) is 0 Å². The summed E-state index contributed by atoms with van der Waals surface area (Å²) in [5.41, 5.74) is 2.72. The van der Waals surface area contributed by atoms with E-state index in [1.54, 1.807) is 6.92 Å². The van der Waals surface area contributed by atoms with Crippen LogP contribution in [-0.2, 0) is 6.61 Å². The highest BCUT2D eigenvalue weighted by Gasteiger charge is 2.08. The summed E-state index contributed by atoms with van der Waals surface area (Å²) in [6.07, 6.45) is 0. The van der Waals surface area contributed by atoms with Crippen molar-refractivity contribution in [3.05, 3.63) is 64.7 Å². The van der Waals surface area contributed by atoms with E-state index in [1.165, 1.54) is 0 Å². The molecule has 0 saturated carbocycles. The summed E-state index contributed by atoms with van der Waals surface area (Å²) in [7, 11) is 0. The van der Waals surface area contributed by atoms with E-state index in [9.17, 15) is 8.78 Å². The molecule has 0 saturated heterocycles. The molecule has 0 fully saturated rings. The summed E-state index contributed by atoms with van der Waals surface area (Å²) in [5, 5.41) is 0. The van der Waals surface area contributed by atoms with Crippen molar-refractivity contribution in [2.24, 2.45) is 0 Å². The average Bonchev–Trinajstić information content (AvgIpc) is 2.32.